The van der Waals surface area contributed by atoms with Crippen LogP contribution in [0.1, 0.15) is 70.0 Å². The number of nitrogens with zero attached hydrogens (tertiary/aromatic N) is 4. The molecular formula is C50H54F2N7O8+. The van der Waals surface area contributed by atoms with Crippen molar-refractivity contribution in [2.75, 3.05) is 52.7 Å². The molecule has 67 heavy (non-hydrogen) atoms. The first-order chi connectivity index (χ1) is 31.9. The maximum atomic E-state index is 13.9. The van der Waals surface area contributed by atoms with E-state index in [2.05, 4.69) is 16.0 Å². The third kappa shape index (κ3) is 9.72. The van der Waals surface area contributed by atoms with Gasteiger partial charge >= 0.3 is 5.97 Å². The van der Waals surface area contributed by atoms with Crippen molar-refractivity contribution < 1.29 is 47.1 Å². The van der Waals surface area contributed by atoms with Gasteiger partial charge in [-0.3, -0.25) is 24.0 Å². The fourth-order valence-electron chi connectivity index (χ4n) is 9.44. The number of hydrogen-bond acceptors (Lipinski definition) is 8. The molecule has 0 bridgehead atoms. The number of anilines is 1. The highest BCUT2D eigenvalue weighted by Crippen LogP contribution is 2.42. The number of hydrogen-bond donors (Lipinski definition) is 4. The molecule has 1 aliphatic carbocycles. The molecule has 2 fully saturated rings. The lowest BCUT2D eigenvalue weighted by Crippen LogP contribution is -2.46. The van der Waals surface area contributed by atoms with Gasteiger partial charge in [0, 0.05) is 111 Å². The summed E-state index contributed by atoms with van der Waals surface area (Å²) in [5, 5.41) is 20.3. The lowest BCUT2D eigenvalue weighted by Gasteiger charge is -2.24. The standard InChI is InChI=1S/C50H53F2N7O8/c1-28-24-50(51,52)27-59(28)48(64)40-20-32(47(63)55-40)21-44(61)58-25-31-8-6-7-29(39(31)26-58)10-16-43(60)53-17-18-54-46(62)30-9-13-35(38(19-30)49(65)66)45-36-14-11-33(56(2)3)22-41(36)67-42-23-34(57(4)5)12-15-37(42)45/h6-9,11-15,19,22-23,28,32,40H,10,16-18,20-21,24-27H2,1-5H3,(H3-,53,54,55,60,62,63,65,66)/p+1/t28-,32+,40+/m1/s1. The molecule has 3 aromatic rings. The van der Waals surface area contributed by atoms with Crippen LogP contribution in [0, 0.1) is 5.92 Å². The van der Waals surface area contributed by atoms with Crippen LogP contribution in [0.4, 0.5) is 14.5 Å². The van der Waals surface area contributed by atoms with Gasteiger partial charge in [0.2, 0.25) is 29.0 Å². The van der Waals surface area contributed by atoms with E-state index in [1.54, 1.807) is 24.0 Å². The summed E-state index contributed by atoms with van der Waals surface area (Å²) in [4.78, 5) is 83.1. The van der Waals surface area contributed by atoms with E-state index in [-0.39, 0.29) is 55.3 Å². The number of nitrogens with one attached hydrogen (secondary N) is 3. The predicted molar refractivity (Wildman–Crippen MR) is 246 cm³/mol. The molecule has 2 saturated heterocycles. The van der Waals surface area contributed by atoms with Gasteiger partial charge in [-0.1, -0.05) is 24.3 Å². The number of halogens is 2. The van der Waals surface area contributed by atoms with Gasteiger partial charge in [-0.25, -0.2) is 18.2 Å². The number of benzene rings is 4. The molecule has 0 radical (unpaired) electrons. The smallest absolute Gasteiger partial charge is 0.336 e. The summed E-state index contributed by atoms with van der Waals surface area (Å²) in [5.74, 6) is -6.38. The number of alkyl halides is 2. The number of carboxylic acids is 1. The molecular weight excluding hydrogens is 865 g/mol. The molecule has 0 aromatic heterocycles. The van der Waals surface area contributed by atoms with Crippen molar-refractivity contribution >= 4 is 52.2 Å². The van der Waals surface area contributed by atoms with Crippen LogP contribution in [0.5, 0.6) is 0 Å². The zero-order valence-electron chi connectivity index (χ0n) is 38.1. The monoisotopic (exact) mass is 918 g/mol. The Labute approximate surface area is 385 Å². The van der Waals surface area contributed by atoms with E-state index in [9.17, 15) is 42.7 Å². The fourth-order valence-corrected chi connectivity index (χ4v) is 9.44. The van der Waals surface area contributed by atoms with Gasteiger partial charge in [0.1, 0.15) is 31.5 Å². The van der Waals surface area contributed by atoms with Crippen molar-refractivity contribution in [3.8, 4) is 22.5 Å². The molecule has 5 amide bonds. The Bertz CT molecular complexity index is 2870. The zero-order valence-corrected chi connectivity index (χ0v) is 38.1. The number of rotatable bonds is 13. The maximum Gasteiger partial charge on any atom is 0.336 e. The summed E-state index contributed by atoms with van der Waals surface area (Å²) >= 11 is 0. The van der Waals surface area contributed by atoms with Crippen LogP contribution in [-0.4, -0.2) is 116 Å². The number of carbonyl (C=O) groups is 6. The molecule has 4 aliphatic heterocycles. The Kier molecular flexibility index (Phi) is 12.9. The highest BCUT2D eigenvalue weighted by atomic mass is 19.3. The van der Waals surface area contributed by atoms with Crippen LogP contribution in [0.3, 0.4) is 0 Å². The van der Waals surface area contributed by atoms with E-state index in [0.29, 0.717) is 52.9 Å². The Morgan fingerprint density at radius 3 is 2.43 bits per heavy atom. The molecule has 350 valence electrons. The first-order valence-electron chi connectivity index (χ1n) is 22.3. The van der Waals surface area contributed by atoms with E-state index in [0.717, 1.165) is 32.6 Å². The number of carbonyl (C=O) groups excluding carboxylic acids is 5. The van der Waals surface area contributed by atoms with Gasteiger partial charge in [-0.15, -0.1) is 0 Å². The summed E-state index contributed by atoms with van der Waals surface area (Å²) < 4.78 is 36.2. The van der Waals surface area contributed by atoms with Crippen LogP contribution < -0.4 is 30.8 Å². The van der Waals surface area contributed by atoms with Crippen molar-refractivity contribution in [1.29, 1.82) is 0 Å². The molecule has 0 unspecified atom stereocenters. The molecule has 15 nitrogen and oxygen atoms in total. The number of likely N-dealkylation sites (tertiary alicyclic amines) is 1. The summed E-state index contributed by atoms with van der Waals surface area (Å²) in [6.07, 6.45) is 0.0433. The van der Waals surface area contributed by atoms with Gasteiger partial charge in [0.15, 0.2) is 0 Å². The lowest BCUT2D eigenvalue weighted by molar-refractivity contribution is -0.136. The second-order valence-corrected chi connectivity index (χ2v) is 18.2. The second kappa shape index (κ2) is 18.6. The quantitative estimate of drug-likeness (QED) is 0.0752. The minimum absolute atomic E-state index is 0.0559. The molecule has 0 spiro atoms. The van der Waals surface area contributed by atoms with Crippen LogP contribution >= 0.6 is 0 Å². The molecule has 4 heterocycles. The SMILES string of the molecule is C[C@@H]1CC(F)(F)CN1C(=O)[C@@H]1C[C@@H](CC(=O)N2Cc3cccc(CCC(=O)NCCNC(=O)c4ccc(-c5c6ccc(=[N+](C)C)cc-6oc6cc(N(C)C)ccc56)c(C(=O)O)c4)c3C2)C(=O)N1. The number of aryl methyl sites for hydroxylation is 1. The minimum atomic E-state index is -2.97. The van der Waals surface area contributed by atoms with Crippen molar-refractivity contribution in [2.24, 2.45) is 5.92 Å². The summed E-state index contributed by atoms with van der Waals surface area (Å²) in [6, 6.07) is 20.2. The van der Waals surface area contributed by atoms with Crippen molar-refractivity contribution in [3.63, 3.8) is 0 Å². The largest absolute Gasteiger partial charge is 0.478 e. The summed E-state index contributed by atoms with van der Waals surface area (Å²) in [5.41, 5.74) is 6.12. The molecule has 3 atom stereocenters. The summed E-state index contributed by atoms with van der Waals surface area (Å²) in [6.45, 7) is 1.71. The molecule has 3 aromatic carbocycles. The van der Waals surface area contributed by atoms with Gasteiger partial charge < -0.3 is 40.2 Å². The zero-order chi connectivity index (χ0) is 47.9. The lowest BCUT2D eigenvalue weighted by atomic mass is 9.89. The topological polar surface area (TPSA) is 185 Å². The summed E-state index contributed by atoms with van der Waals surface area (Å²) in [7, 11) is 7.69. The van der Waals surface area contributed by atoms with Gasteiger partial charge in [-0.2, -0.15) is 0 Å². The Hall–Kier alpha value is -7.17. The highest BCUT2D eigenvalue weighted by Gasteiger charge is 2.48. The molecule has 0 saturated carbocycles. The molecule has 4 N–H and O–H groups in total. The molecule has 8 rings (SSSR count). The van der Waals surface area contributed by atoms with E-state index in [4.69, 9.17) is 4.42 Å². The predicted octanol–water partition coefficient (Wildman–Crippen LogP) is 4.47. The first-order valence-corrected chi connectivity index (χ1v) is 22.3. The Balaban J connectivity index is 0.849. The molecule has 17 heteroatoms. The highest BCUT2D eigenvalue weighted by molar-refractivity contribution is 6.09. The number of amides is 5. The average Bonchev–Trinajstić information content (AvgIpc) is 3.98. The van der Waals surface area contributed by atoms with Crippen LogP contribution in [0.2, 0.25) is 0 Å². The van der Waals surface area contributed by atoms with Crippen LogP contribution in [-0.2, 0) is 38.7 Å². The van der Waals surface area contributed by atoms with E-state index >= 15 is 0 Å². The first kappa shape index (κ1) is 46.4. The van der Waals surface area contributed by atoms with Crippen LogP contribution in [0.15, 0.2) is 77.2 Å². The average molecular weight is 919 g/mol. The fraction of sp³-hybridized carbons (Fsp3) is 0.380. The van der Waals surface area contributed by atoms with E-state index < -0.39 is 60.6 Å². The second-order valence-electron chi connectivity index (χ2n) is 18.2. The van der Waals surface area contributed by atoms with Crippen molar-refractivity contribution in [2.45, 2.75) is 70.1 Å². The number of carboxylic acid groups (broad SMARTS) is 1. The maximum absolute atomic E-state index is 13.9. The van der Waals surface area contributed by atoms with Crippen LogP contribution in [0.25, 0.3) is 33.4 Å². The van der Waals surface area contributed by atoms with Gasteiger partial charge in [-0.05, 0) is 72.4 Å². The third-order valence-electron chi connectivity index (χ3n) is 13.0. The van der Waals surface area contributed by atoms with Crippen molar-refractivity contribution in [3.05, 3.63) is 106 Å². The van der Waals surface area contributed by atoms with Gasteiger partial charge in [0.25, 0.3) is 11.8 Å². The number of fused-ring (bicyclic) bond motifs is 3. The van der Waals surface area contributed by atoms with Crippen molar-refractivity contribution in [1.82, 2.24) is 30.3 Å². The normalized spacial score (nSPS) is 18.5. The van der Waals surface area contributed by atoms with E-state index in [1.807, 2.05) is 92.3 Å². The number of aromatic carboxylic acids is 1. The van der Waals surface area contributed by atoms with Gasteiger partial charge in [0.05, 0.1) is 18.2 Å². The van der Waals surface area contributed by atoms with E-state index in [1.165, 1.54) is 6.07 Å². The molecule has 5 aliphatic rings. The Morgan fingerprint density at radius 1 is 0.955 bits per heavy atom. The minimum Gasteiger partial charge on any atom is -0.478 e. The Morgan fingerprint density at radius 2 is 1.72 bits per heavy atom. The third-order valence-corrected chi connectivity index (χ3v) is 13.0.